The van der Waals surface area contributed by atoms with Gasteiger partial charge in [0, 0.05) is 18.7 Å². The number of rotatable bonds is 3. The van der Waals surface area contributed by atoms with Crippen LogP contribution in [0.25, 0.3) is 11.5 Å². The van der Waals surface area contributed by atoms with Crippen LogP contribution in [0.3, 0.4) is 0 Å². The molecule has 2 amide bonds. The Bertz CT molecular complexity index is 651. The molecular weight excluding hydrogens is 270 g/mol. The van der Waals surface area contributed by atoms with Crippen LogP contribution in [0.2, 0.25) is 0 Å². The summed E-state index contributed by atoms with van der Waals surface area (Å²) in [4.78, 5) is 29.3. The van der Waals surface area contributed by atoms with E-state index in [0.717, 1.165) is 5.56 Å². The minimum absolute atomic E-state index is 0.113. The monoisotopic (exact) mass is 285 g/mol. The minimum Gasteiger partial charge on any atom is -0.444 e. The lowest BCUT2D eigenvalue weighted by molar-refractivity contribution is -0.137. The van der Waals surface area contributed by atoms with Crippen molar-refractivity contribution < 1.29 is 14.0 Å². The molecule has 1 fully saturated rings. The maximum absolute atomic E-state index is 12.1. The Balaban J connectivity index is 1.67. The average molecular weight is 285 g/mol. The number of aromatic nitrogens is 1. The van der Waals surface area contributed by atoms with Gasteiger partial charge < -0.3 is 14.6 Å². The Morgan fingerprint density at radius 1 is 1.33 bits per heavy atom. The topological polar surface area (TPSA) is 75.4 Å². The molecule has 1 aliphatic heterocycles. The molecule has 1 aliphatic rings. The van der Waals surface area contributed by atoms with Crippen molar-refractivity contribution in [1.29, 1.82) is 0 Å². The SMILES string of the molecule is O=C1CN(C(=O)Cc2coc(-c3ccccc3)n2)CCN1. The predicted molar refractivity (Wildman–Crippen MR) is 75.2 cm³/mol. The van der Waals surface area contributed by atoms with Gasteiger partial charge >= 0.3 is 0 Å². The lowest BCUT2D eigenvalue weighted by atomic mass is 10.2. The molecule has 1 aromatic carbocycles. The van der Waals surface area contributed by atoms with Crippen molar-refractivity contribution in [3.8, 4) is 11.5 Å². The molecule has 6 nitrogen and oxygen atoms in total. The van der Waals surface area contributed by atoms with Gasteiger partial charge in [-0.1, -0.05) is 18.2 Å². The summed E-state index contributed by atoms with van der Waals surface area (Å²) in [5, 5.41) is 2.69. The van der Waals surface area contributed by atoms with Crippen molar-refractivity contribution in [2.75, 3.05) is 19.6 Å². The standard InChI is InChI=1S/C15H15N3O3/c19-13-9-18(7-6-16-13)14(20)8-12-10-21-15(17-12)11-4-2-1-3-5-11/h1-5,10H,6-9H2,(H,16,19). The van der Waals surface area contributed by atoms with E-state index in [4.69, 9.17) is 4.42 Å². The Kier molecular flexibility index (Phi) is 3.68. The number of carbonyl (C=O) groups is 2. The van der Waals surface area contributed by atoms with Crippen LogP contribution in [0.1, 0.15) is 5.69 Å². The zero-order chi connectivity index (χ0) is 14.7. The van der Waals surface area contributed by atoms with E-state index >= 15 is 0 Å². The molecular formula is C15H15N3O3. The quantitative estimate of drug-likeness (QED) is 0.907. The molecule has 1 N–H and O–H groups in total. The van der Waals surface area contributed by atoms with E-state index in [9.17, 15) is 9.59 Å². The number of benzene rings is 1. The van der Waals surface area contributed by atoms with Crippen LogP contribution in [0.15, 0.2) is 41.0 Å². The number of nitrogens with one attached hydrogen (secondary N) is 1. The average Bonchev–Trinajstić information content (AvgIpc) is 2.97. The highest BCUT2D eigenvalue weighted by molar-refractivity contribution is 5.86. The lowest BCUT2D eigenvalue weighted by Crippen LogP contribution is -2.50. The number of hydrogen-bond acceptors (Lipinski definition) is 4. The molecule has 2 heterocycles. The highest BCUT2D eigenvalue weighted by Gasteiger charge is 2.22. The first-order valence-corrected chi connectivity index (χ1v) is 6.76. The van der Waals surface area contributed by atoms with E-state index < -0.39 is 0 Å². The third-order valence-corrected chi connectivity index (χ3v) is 3.30. The second kappa shape index (κ2) is 5.78. The second-order valence-electron chi connectivity index (χ2n) is 4.85. The van der Waals surface area contributed by atoms with Gasteiger partial charge in [0.15, 0.2) is 0 Å². The van der Waals surface area contributed by atoms with Gasteiger partial charge in [0.2, 0.25) is 17.7 Å². The molecule has 0 radical (unpaired) electrons. The normalized spacial score (nSPS) is 14.9. The Labute approximate surface area is 121 Å². The zero-order valence-electron chi connectivity index (χ0n) is 11.4. The molecule has 0 atom stereocenters. The number of carbonyl (C=O) groups excluding carboxylic acids is 2. The first-order chi connectivity index (χ1) is 10.2. The number of hydrogen-bond donors (Lipinski definition) is 1. The minimum atomic E-state index is -0.125. The van der Waals surface area contributed by atoms with Gasteiger partial charge in [-0.2, -0.15) is 0 Å². The van der Waals surface area contributed by atoms with Crippen molar-refractivity contribution in [2.45, 2.75) is 6.42 Å². The predicted octanol–water partition coefficient (Wildman–Crippen LogP) is 0.842. The Morgan fingerprint density at radius 3 is 2.90 bits per heavy atom. The van der Waals surface area contributed by atoms with Crippen LogP contribution in [-0.2, 0) is 16.0 Å². The van der Waals surface area contributed by atoms with E-state index in [1.165, 1.54) is 11.2 Å². The van der Waals surface area contributed by atoms with Crippen LogP contribution in [0.5, 0.6) is 0 Å². The summed E-state index contributed by atoms with van der Waals surface area (Å²) in [7, 11) is 0. The summed E-state index contributed by atoms with van der Waals surface area (Å²) in [6.07, 6.45) is 1.63. The summed E-state index contributed by atoms with van der Waals surface area (Å²) in [5.74, 6) is 0.257. The first kappa shape index (κ1) is 13.4. The third kappa shape index (κ3) is 3.10. The van der Waals surface area contributed by atoms with Crippen LogP contribution in [-0.4, -0.2) is 41.3 Å². The molecule has 1 aromatic heterocycles. The molecule has 21 heavy (non-hydrogen) atoms. The molecule has 0 aliphatic carbocycles. The maximum atomic E-state index is 12.1. The van der Waals surface area contributed by atoms with Gasteiger partial charge in [0.25, 0.3) is 0 Å². The smallest absolute Gasteiger partial charge is 0.239 e. The van der Waals surface area contributed by atoms with Crippen molar-refractivity contribution in [1.82, 2.24) is 15.2 Å². The number of piperazine rings is 1. The third-order valence-electron chi connectivity index (χ3n) is 3.30. The van der Waals surface area contributed by atoms with Crippen molar-refractivity contribution in [3.05, 3.63) is 42.3 Å². The highest BCUT2D eigenvalue weighted by Crippen LogP contribution is 2.18. The molecule has 6 heteroatoms. The molecule has 0 saturated carbocycles. The van der Waals surface area contributed by atoms with Crippen molar-refractivity contribution >= 4 is 11.8 Å². The molecule has 0 unspecified atom stereocenters. The van der Waals surface area contributed by atoms with Crippen LogP contribution in [0, 0.1) is 0 Å². The Morgan fingerprint density at radius 2 is 2.14 bits per heavy atom. The summed E-state index contributed by atoms with van der Waals surface area (Å²) in [6.45, 7) is 1.15. The largest absolute Gasteiger partial charge is 0.444 e. The van der Waals surface area contributed by atoms with Gasteiger partial charge in [-0.25, -0.2) is 4.98 Å². The molecule has 0 spiro atoms. The molecule has 0 bridgehead atoms. The van der Waals surface area contributed by atoms with E-state index in [2.05, 4.69) is 10.3 Å². The summed E-state index contributed by atoms with van der Waals surface area (Å²) in [6, 6.07) is 9.50. The summed E-state index contributed by atoms with van der Waals surface area (Å²) < 4.78 is 5.40. The van der Waals surface area contributed by atoms with E-state index in [-0.39, 0.29) is 24.8 Å². The fourth-order valence-corrected chi connectivity index (χ4v) is 2.22. The molecule has 108 valence electrons. The highest BCUT2D eigenvalue weighted by atomic mass is 16.3. The summed E-state index contributed by atoms with van der Waals surface area (Å²) >= 11 is 0. The molecule has 2 aromatic rings. The first-order valence-electron chi connectivity index (χ1n) is 6.76. The zero-order valence-corrected chi connectivity index (χ0v) is 11.4. The second-order valence-corrected chi connectivity index (χ2v) is 4.85. The number of oxazole rings is 1. The fourth-order valence-electron chi connectivity index (χ4n) is 2.22. The summed E-state index contributed by atoms with van der Waals surface area (Å²) in [5.41, 5.74) is 1.44. The van der Waals surface area contributed by atoms with Crippen molar-refractivity contribution in [2.24, 2.45) is 0 Å². The maximum Gasteiger partial charge on any atom is 0.239 e. The van der Waals surface area contributed by atoms with E-state index in [1.807, 2.05) is 30.3 Å². The molecule has 1 saturated heterocycles. The lowest BCUT2D eigenvalue weighted by Gasteiger charge is -2.26. The van der Waals surface area contributed by atoms with Crippen LogP contribution in [0.4, 0.5) is 0 Å². The molecule has 3 rings (SSSR count). The van der Waals surface area contributed by atoms with E-state index in [1.54, 1.807) is 0 Å². The Hall–Kier alpha value is -2.63. The van der Waals surface area contributed by atoms with Crippen molar-refractivity contribution in [3.63, 3.8) is 0 Å². The van der Waals surface area contributed by atoms with Crippen LogP contribution < -0.4 is 5.32 Å². The number of amides is 2. The van der Waals surface area contributed by atoms with Gasteiger partial charge in [0.1, 0.15) is 6.26 Å². The number of nitrogens with zero attached hydrogens (tertiary/aromatic N) is 2. The van der Waals surface area contributed by atoms with Gasteiger partial charge in [0.05, 0.1) is 18.7 Å². The van der Waals surface area contributed by atoms with E-state index in [0.29, 0.717) is 24.7 Å². The van der Waals surface area contributed by atoms with Crippen LogP contribution >= 0.6 is 0 Å². The van der Waals surface area contributed by atoms with Gasteiger partial charge in [-0.15, -0.1) is 0 Å². The van der Waals surface area contributed by atoms with Gasteiger partial charge in [-0.05, 0) is 12.1 Å². The fraction of sp³-hybridized carbons (Fsp3) is 0.267. The van der Waals surface area contributed by atoms with Gasteiger partial charge in [-0.3, -0.25) is 9.59 Å².